The Morgan fingerprint density at radius 1 is 1.10 bits per heavy atom. The fourth-order valence-corrected chi connectivity index (χ4v) is 3.54. The number of ether oxygens (including phenoxy) is 1. The quantitative estimate of drug-likeness (QED) is 0.158. The average Bonchev–Trinajstić information content (AvgIpc) is 3.08. The third kappa shape index (κ3) is 3.86. The number of aromatic amines is 1. The number of aliphatic imine (C=N–C) groups is 1. The molecule has 7 nitrogen and oxygen atoms in total. The maximum Gasteiger partial charge on any atom is 0.270 e. The first-order valence-corrected chi connectivity index (χ1v) is 10.0. The Balaban J connectivity index is 1.96. The molecule has 2 N–H and O–H groups in total. The van der Waals surface area contributed by atoms with E-state index in [-0.39, 0.29) is 11.6 Å². The van der Waals surface area contributed by atoms with E-state index in [1.54, 1.807) is 37.4 Å². The third-order valence-electron chi connectivity index (χ3n) is 4.64. The van der Waals surface area contributed by atoms with Crippen LogP contribution in [-0.4, -0.2) is 27.8 Å². The molecular weight excluding hydrogens is 497 g/mol. The highest BCUT2D eigenvalue weighted by Gasteiger charge is 2.21. The van der Waals surface area contributed by atoms with Gasteiger partial charge in [0, 0.05) is 32.2 Å². The summed E-state index contributed by atoms with van der Waals surface area (Å²) in [5.74, 6) is 0.603. The molecule has 4 aromatic rings. The van der Waals surface area contributed by atoms with Crippen LogP contribution in [0.25, 0.3) is 10.9 Å². The number of non-ortho nitro benzene ring substituents is 1. The topological polar surface area (TPSA) is 101 Å². The van der Waals surface area contributed by atoms with Crippen molar-refractivity contribution in [3.05, 3.63) is 91.5 Å². The maximum absolute atomic E-state index is 11.3. The standard InChI is InChI=1S/C22H16IN3O4/c1-30-17-9-6-15(7-10-17)24-21(13-2-4-14(23)5-3-13)20-18-12-16(26(28)29)8-11-19(18)25-22(20)27/h2-12,25,27H,1H3. The van der Waals surface area contributed by atoms with E-state index in [4.69, 9.17) is 9.73 Å². The van der Waals surface area contributed by atoms with Crippen molar-refractivity contribution in [2.45, 2.75) is 0 Å². The molecule has 0 aliphatic rings. The number of aromatic nitrogens is 1. The van der Waals surface area contributed by atoms with E-state index in [0.717, 1.165) is 9.13 Å². The molecule has 0 aliphatic heterocycles. The molecule has 0 fully saturated rings. The van der Waals surface area contributed by atoms with Crippen LogP contribution >= 0.6 is 22.6 Å². The molecule has 30 heavy (non-hydrogen) atoms. The lowest BCUT2D eigenvalue weighted by Crippen LogP contribution is -2.03. The second-order valence-corrected chi connectivity index (χ2v) is 7.75. The van der Waals surface area contributed by atoms with Gasteiger partial charge in [0.1, 0.15) is 5.75 Å². The Kier molecular flexibility index (Phi) is 5.40. The third-order valence-corrected chi connectivity index (χ3v) is 5.36. The first-order valence-electron chi connectivity index (χ1n) is 8.94. The molecule has 150 valence electrons. The molecule has 0 unspecified atom stereocenters. The highest BCUT2D eigenvalue weighted by Crippen LogP contribution is 2.34. The van der Waals surface area contributed by atoms with Crippen molar-refractivity contribution in [1.29, 1.82) is 0 Å². The summed E-state index contributed by atoms with van der Waals surface area (Å²) in [6.07, 6.45) is 0. The van der Waals surface area contributed by atoms with E-state index >= 15 is 0 Å². The summed E-state index contributed by atoms with van der Waals surface area (Å²) in [7, 11) is 1.59. The van der Waals surface area contributed by atoms with E-state index in [0.29, 0.717) is 33.6 Å². The number of halogens is 1. The summed E-state index contributed by atoms with van der Waals surface area (Å²) in [6.45, 7) is 0. The number of methoxy groups -OCH3 is 1. The molecule has 0 bridgehead atoms. The van der Waals surface area contributed by atoms with Gasteiger partial charge in [0.05, 0.1) is 29.0 Å². The lowest BCUT2D eigenvalue weighted by molar-refractivity contribution is -0.384. The number of benzene rings is 3. The van der Waals surface area contributed by atoms with E-state index < -0.39 is 4.92 Å². The number of aromatic hydroxyl groups is 1. The average molecular weight is 513 g/mol. The predicted octanol–water partition coefficient (Wildman–Crippen LogP) is 5.56. The summed E-state index contributed by atoms with van der Waals surface area (Å²) in [5, 5.41) is 22.5. The summed E-state index contributed by atoms with van der Waals surface area (Å²) < 4.78 is 6.25. The smallest absolute Gasteiger partial charge is 0.270 e. The summed E-state index contributed by atoms with van der Waals surface area (Å²) in [5.41, 5.74) is 2.86. The number of nitro groups is 1. The minimum absolute atomic E-state index is 0.0610. The molecule has 0 saturated heterocycles. The molecule has 0 radical (unpaired) electrons. The normalized spacial score (nSPS) is 11.6. The van der Waals surface area contributed by atoms with Crippen molar-refractivity contribution >= 4 is 50.6 Å². The van der Waals surface area contributed by atoms with E-state index in [1.165, 1.54) is 12.1 Å². The van der Waals surface area contributed by atoms with Crippen molar-refractivity contribution in [1.82, 2.24) is 4.98 Å². The zero-order valence-electron chi connectivity index (χ0n) is 15.8. The molecule has 0 spiro atoms. The zero-order valence-corrected chi connectivity index (χ0v) is 18.0. The highest BCUT2D eigenvalue weighted by atomic mass is 127. The Morgan fingerprint density at radius 3 is 2.43 bits per heavy atom. The van der Waals surface area contributed by atoms with Crippen LogP contribution < -0.4 is 4.74 Å². The molecule has 0 aliphatic carbocycles. The van der Waals surface area contributed by atoms with Gasteiger partial charge >= 0.3 is 0 Å². The molecule has 0 saturated carbocycles. The number of rotatable bonds is 5. The minimum atomic E-state index is -0.460. The van der Waals surface area contributed by atoms with Gasteiger partial charge in [-0.1, -0.05) is 12.1 Å². The largest absolute Gasteiger partial charge is 0.497 e. The highest BCUT2D eigenvalue weighted by molar-refractivity contribution is 14.1. The fraction of sp³-hybridized carbons (Fsp3) is 0.0455. The molecule has 1 aromatic heterocycles. The molecule has 1 heterocycles. The van der Waals surface area contributed by atoms with Gasteiger partial charge in [0.2, 0.25) is 0 Å². The second-order valence-electron chi connectivity index (χ2n) is 6.50. The van der Waals surface area contributed by atoms with Gasteiger partial charge in [0.15, 0.2) is 5.88 Å². The van der Waals surface area contributed by atoms with Gasteiger partial charge in [-0.15, -0.1) is 0 Å². The van der Waals surface area contributed by atoms with Crippen molar-refractivity contribution in [3.63, 3.8) is 0 Å². The first kappa shape index (κ1) is 19.9. The van der Waals surface area contributed by atoms with Gasteiger partial charge in [-0.25, -0.2) is 4.99 Å². The summed E-state index contributed by atoms with van der Waals surface area (Å²) in [6, 6.07) is 19.3. The zero-order chi connectivity index (χ0) is 21.3. The van der Waals surface area contributed by atoms with Crippen LogP contribution in [0.3, 0.4) is 0 Å². The molecule has 4 rings (SSSR count). The van der Waals surface area contributed by atoms with Crippen LogP contribution in [0.2, 0.25) is 0 Å². The Hall–Kier alpha value is -3.40. The number of H-pyrrole nitrogens is 1. The number of hydrogen-bond acceptors (Lipinski definition) is 5. The number of fused-ring (bicyclic) bond motifs is 1. The summed E-state index contributed by atoms with van der Waals surface area (Å²) in [4.78, 5) is 18.5. The van der Waals surface area contributed by atoms with Gasteiger partial charge < -0.3 is 14.8 Å². The Morgan fingerprint density at radius 2 is 1.80 bits per heavy atom. The number of nitrogens with one attached hydrogen (secondary N) is 1. The van der Waals surface area contributed by atoms with Gasteiger partial charge in [-0.3, -0.25) is 10.1 Å². The van der Waals surface area contributed by atoms with Crippen molar-refractivity contribution in [3.8, 4) is 11.6 Å². The SMILES string of the molecule is COc1ccc(N=C(c2ccc(I)cc2)c2c(O)[nH]c3ccc([N+](=O)[O-])cc23)cc1. The van der Waals surface area contributed by atoms with E-state index in [1.807, 2.05) is 24.3 Å². The number of nitro benzene ring substituents is 1. The van der Waals surface area contributed by atoms with Crippen molar-refractivity contribution in [2.75, 3.05) is 7.11 Å². The molecule has 8 heteroatoms. The lowest BCUT2D eigenvalue weighted by Gasteiger charge is -2.08. The monoisotopic (exact) mass is 513 g/mol. The van der Waals surface area contributed by atoms with Gasteiger partial charge in [-0.2, -0.15) is 0 Å². The molecule has 3 aromatic carbocycles. The molecular formula is C22H16IN3O4. The van der Waals surface area contributed by atoms with Crippen LogP contribution in [0.15, 0.2) is 71.7 Å². The Labute approximate surface area is 185 Å². The maximum atomic E-state index is 11.3. The molecule has 0 amide bonds. The van der Waals surface area contributed by atoms with Crippen LogP contribution in [0, 0.1) is 13.7 Å². The Bertz CT molecular complexity index is 1260. The second kappa shape index (κ2) is 8.15. The van der Waals surface area contributed by atoms with Crippen molar-refractivity contribution < 1.29 is 14.8 Å². The van der Waals surface area contributed by atoms with Crippen molar-refractivity contribution in [2.24, 2.45) is 4.99 Å². The van der Waals surface area contributed by atoms with E-state index in [9.17, 15) is 15.2 Å². The number of nitrogens with zero attached hydrogens (tertiary/aromatic N) is 2. The van der Waals surface area contributed by atoms with Gasteiger partial charge in [-0.05, 0) is 65.1 Å². The van der Waals surface area contributed by atoms with Crippen LogP contribution in [0.5, 0.6) is 11.6 Å². The minimum Gasteiger partial charge on any atom is -0.497 e. The first-order chi connectivity index (χ1) is 14.5. The fourth-order valence-electron chi connectivity index (χ4n) is 3.18. The van der Waals surface area contributed by atoms with Crippen LogP contribution in [0.4, 0.5) is 11.4 Å². The van der Waals surface area contributed by atoms with Crippen LogP contribution in [-0.2, 0) is 0 Å². The number of hydrogen-bond donors (Lipinski definition) is 2. The van der Waals surface area contributed by atoms with E-state index in [2.05, 4.69) is 27.6 Å². The van der Waals surface area contributed by atoms with Crippen LogP contribution in [0.1, 0.15) is 11.1 Å². The predicted molar refractivity (Wildman–Crippen MR) is 124 cm³/mol. The summed E-state index contributed by atoms with van der Waals surface area (Å²) >= 11 is 2.21. The molecule has 0 atom stereocenters. The van der Waals surface area contributed by atoms with Gasteiger partial charge in [0.25, 0.3) is 5.69 Å². The lowest BCUT2D eigenvalue weighted by atomic mass is 10.0.